The molecule has 3 aromatic carbocycles. The van der Waals surface area contributed by atoms with Crippen molar-refractivity contribution in [3.05, 3.63) is 89.1 Å². The third-order valence-corrected chi connectivity index (χ3v) is 8.08. The van der Waals surface area contributed by atoms with E-state index in [0.29, 0.717) is 18.3 Å². The second kappa shape index (κ2) is 9.38. The van der Waals surface area contributed by atoms with Gasteiger partial charge in [0.1, 0.15) is 12.4 Å². The maximum Gasteiger partial charge on any atom is 0.229 e. The minimum Gasteiger partial charge on any atom is -0.488 e. The first-order chi connectivity index (χ1) is 17.9. The Morgan fingerprint density at radius 2 is 1.86 bits per heavy atom. The number of nitrogens with one attached hydrogen (secondary N) is 1. The monoisotopic (exact) mass is 513 g/mol. The number of allylic oxidation sites excluding steroid dienone is 1. The molecule has 1 saturated carbocycles. The van der Waals surface area contributed by atoms with Gasteiger partial charge in [0.25, 0.3) is 0 Å². The molecule has 190 valence electrons. The number of fused-ring (bicyclic) bond motifs is 3. The fraction of sp³-hybridized carbons (Fsp3) is 0.300. The first-order valence-electron chi connectivity index (χ1n) is 13.0. The summed E-state index contributed by atoms with van der Waals surface area (Å²) in [7, 11) is -3.38. The molecule has 0 radical (unpaired) electrons. The van der Waals surface area contributed by atoms with Crippen molar-refractivity contribution in [2.75, 3.05) is 11.0 Å². The smallest absolute Gasteiger partial charge is 0.229 e. The van der Waals surface area contributed by atoms with Crippen molar-refractivity contribution >= 4 is 37.8 Å². The summed E-state index contributed by atoms with van der Waals surface area (Å²) in [6.45, 7) is 2.62. The van der Waals surface area contributed by atoms with Crippen LogP contribution in [-0.2, 0) is 16.6 Å². The van der Waals surface area contributed by atoms with Crippen LogP contribution in [0, 0.1) is 0 Å². The summed E-state index contributed by atoms with van der Waals surface area (Å²) in [6, 6.07) is 20.8. The molecule has 1 aliphatic heterocycles. The lowest BCUT2D eigenvalue weighted by Gasteiger charge is -2.18. The van der Waals surface area contributed by atoms with Crippen LogP contribution in [0.15, 0.2) is 66.9 Å². The van der Waals surface area contributed by atoms with E-state index in [-0.39, 0.29) is 0 Å². The van der Waals surface area contributed by atoms with Gasteiger partial charge >= 0.3 is 0 Å². The van der Waals surface area contributed by atoms with Crippen molar-refractivity contribution in [2.24, 2.45) is 0 Å². The Labute approximate surface area is 218 Å². The van der Waals surface area contributed by atoms with E-state index in [2.05, 4.69) is 34.5 Å². The maximum atomic E-state index is 11.9. The van der Waals surface area contributed by atoms with Gasteiger partial charge in [-0.1, -0.05) is 50.1 Å². The molecule has 0 bridgehead atoms. The molecule has 1 N–H and O–H groups in total. The number of aromatic nitrogens is 2. The summed E-state index contributed by atoms with van der Waals surface area (Å²) in [6.07, 6.45) is 8.81. The Kier molecular flexibility index (Phi) is 6.03. The van der Waals surface area contributed by atoms with Crippen LogP contribution in [0.5, 0.6) is 5.75 Å². The SMILES string of the molecule is CC/C(=C1/c2cc3cnn(C4CCCC4)c3cc2COc2ccccc21)c1cccc(NS(C)(=O)=O)c1. The first-order valence-corrected chi connectivity index (χ1v) is 14.8. The Hall–Kier alpha value is -3.58. The van der Waals surface area contributed by atoms with Crippen LogP contribution >= 0.6 is 0 Å². The summed E-state index contributed by atoms with van der Waals surface area (Å²) in [5.41, 5.74) is 8.28. The van der Waals surface area contributed by atoms with Crippen LogP contribution < -0.4 is 9.46 Å². The van der Waals surface area contributed by atoms with E-state index < -0.39 is 10.0 Å². The fourth-order valence-corrected chi connectivity index (χ4v) is 6.42. The Bertz CT molecular complexity index is 1630. The number of ether oxygens (including phenoxy) is 1. The van der Waals surface area contributed by atoms with Gasteiger partial charge in [-0.3, -0.25) is 9.40 Å². The molecule has 6 nitrogen and oxygen atoms in total. The van der Waals surface area contributed by atoms with Gasteiger partial charge in [-0.05, 0) is 77.4 Å². The molecular weight excluding hydrogens is 482 g/mol. The highest BCUT2D eigenvalue weighted by atomic mass is 32.2. The number of anilines is 1. The van der Waals surface area contributed by atoms with Gasteiger partial charge in [-0.15, -0.1) is 0 Å². The van der Waals surface area contributed by atoms with Gasteiger partial charge in [0.05, 0.1) is 24.0 Å². The minimum atomic E-state index is -3.38. The Morgan fingerprint density at radius 1 is 1.05 bits per heavy atom. The fourth-order valence-electron chi connectivity index (χ4n) is 5.86. The van der Waals surface area contributed by atoms with Crippen LogP contribution in [0.4, 0.5) is 5.69 Å². The van der Waals surface area contributed by atoms with Gasteiger partial charge < -0.3 is 4.74 Å². The number of benzene rings is 3. The van der Waals surface area contributed by atoms with Crippen molar-refractivity contribution in [3.8, 4) is 5.75 Å². The number of hydrogen-bond donors (Lipinski definition) is 1. The molecule has 0 spiro atoms. The molecule has 4 aromatic rings. The van der Waals surface area contributed by atoms with E-state index in [9.17, 15) is 8.42 Å². The lowest BCUT2D eigenvalue weighted by molar-refractivity contribution is 0.307. The lowest BCUT2D eigenvalue weighted by Crippen LogP contribution is -2.09. The summed E-state index contributed by atoms with van der Waals surface area (Å²) < 4.78 is 35.0. The van der Waals surface area contributed by atoms with E-state index in [1.54, 1.807) is 6.07 Å². The number of hydrogen-bond acceptors (Lipinski definition) is 4. The molecule has 1 aromatic heterocycles. The molecule has 0 saturated heterocycles. The largest absolute Gasteiger partial charge is 0.488 e. The average Bonchev–Trinajstić information content (AvgIpc) is 3.51. The zero-order chi connectivity index (χ0) is 25.6. The van der Waals surface area contributed by atoms with E-state index in [1.165, 1.54) is 31.9 Å². The summed E-state index contributed by atoms with van der Waals surface area (Å²) in [5.74, 6) is 0.853. The number of sulfonamides is 1. The molecule has 1 fully saturated rings. The Balaban J connectivity index is 1.58. The molecule has 37 heavy (non-hydrogen) atoms. The third-order valence-electron chi connectivity index (χ3n) is 7.47. The molecule has 7 heteroatoms. The molecule has 1 aliphatic carbocycles. The van der Waals surface area contributed by atoms with Crippen LogP contribution in [0.2, 0.25) is 0 Å². The quantitative estimate of drug-likeness (QED) is 0.319. The van der Waals surface area contributed by atoms with Gasteiger partial charge in [-0.2, -0.15) is 5.10 Å². The summed E-state index contributed by atoms with van der Waals surface area (Å²) in [5, 5.41) is 5.93. The van der Waals surface area contributed by atoms with Crippen LogP contribution in [0.1, 0.15) is 67.3 Å². The molecule has 2 aliphatic rings. The van der Waals surface area contributed by atoms with E-state index in [1.807, 2.05) is 42.6 Å². The average molecular weight is 514 g/mol. The molecule has 6 rings (SSSR count). The van der Waals surface area contributed by atoms with Gasteiger partial charge in [0.15, 0.2) is 0 Å². The predicted octanol–water partition coefficient (Wildman–Crippen LogP) is 6.78. The number of rotatable bonds is 5. The highest BCUT2D eigenvalue weighted by molar-refractivity contribution is 7.92. The summed E-state index contributed by atoms with van der Waals surface area (Å²) in [4.78, 5) is 0. The molecule has 0 atom stereocenters. The Morgan fingerprint density at radius 3 is 2.65 bits per heavy atom. The topological polar surface area (TPSA) is 73.2 Å². The highest BCUT2D eigenvalue weighted by Gasteiger charge is 2.25. The molecular formula is C30H31N3O3S. The van der Waals surface area contributed by atoms with Crippen LogP contribution in [-0.4, -0.2) is 24.5 Å². The van der Waals surface area contributed by atoms with Crippen molar-refractivity contribution in [3.63, 3.8) is 0 Å². The van der Waals surface area contributed by atoms with E-state index in [0.717, 1.165) is 56.5 Å². The van der Waals surface area contributed by atoms with E-state index in [4.69, 9.17) is 9.84 Å². The third kappa shape index (κ3) is 4.53. The van der Waals surface area contributed by atoms with Crippen molar-refractivity contribution in [1.29, 1.82) is 0 Å². The van der Waals surface area contributed by atoms with Gasteiger partial charge in [-0.25, -0.2) is 8.42 Å². The predicted molar refractivity (Wildman–Crippen MR) is 149 cm³/mol. The van der Waals surface area contributed by atoms with Crippen molar-refractivity contribution in [2.45, 2.75) is 51.7 Å². The molecule has 0 unspecified atom stereocenters. The zero-order valence-electron chi connectivity index (χ0n) is 21.2. The normalized spacial score (nSPS) is 17.1. The highest BCUT2D eigenvalue weighted by Crippen LogP contribution is 2.44. The van der Waals surface area contributed by atoms with Crippen LogP contribution in [0.25, 0.3) is 22.0 Å². The second-order valence-electron chi connectivity index (χ2n) is 10.0. The van der Waals surface area contributed by atoms with Gasteiger partial charge in [0.2, 0.25) is 10.0 Å². The van der Waals surface area contributed by atoms with Crippen molar-refractivity contribution in [1.82, 2.24) is 9.78 Å². The maximum absolute atomic E-state index is 11.9. The van der Waals surface area contributed by atoms with Gasteiger partial charge in [0, 0.05) is 16.6 Å². The zero-order valence-corrected chi connectivity index (χ0v) is 22.0. The second-order valence-corrected chi connectivity index (χ2v) is 11.8. The molecule has 2 heterocycles. The molecule has 0 amide bonds. The summed E-state index contributed by atoms with van der Waals surface area (Å²) >= 11 is 0. The number of nitrogens with zero attached hydrogens (tertiary/aromatic N) is 2. The van der Waals surface area contributed by atoms with Crippen molar-refractivity contribution < 1.29 is 13.2 Å². The minimum absolute atomic E-state index is 0.464. The lowest BCUT2D eigenvalue weighted by atomic mass is 9.86. The van der Waals surface area contributed by atoms with E-state index >= 15 is 0 Å². The standard InChI is InChI=1S/C30H31N3O3S/c1-3-25(20-9-8-10-23(15-20)32-37(2,34)35)30-26-13-6-7-14-29(26)36-19-22-17-28-21(16-27(22)30)18-31-33(28)24-11-4-5-12-24/h6-10,13-18,24,32H,3-5,11-12,19H2,1-2H3/b30-25-. The number of para-hydroxylation sites is 1. The first kappa shape index (κ1) is 23.8. The van der Waals surface area contributed by atoms with Crippen LogP contribution in [0.3, 0.4) is 0 Å².